The van der Waals surface area contributed by atoms with Crippen LogP contribution in [0.2, 0.25) is 0 Å². The zero-order valence-corrected chi connectivity index (χ0v) is 38.3. The Balaban J connectivity index is 1.48. The molecule has 1 aliphatic rings. The van der Waals surface area contributed by atoms with Crippen molar-refractivity contribution in [1.82, 2.24) is 0 Å². The van der Waals surface area contributed by atoms with Gasteiger partial charge in [0, 0.05) is 0 Å². The van der Waals surface area contributed by atoms with Gasteiger partial charge in [-0.2, -0.15) is 0 Å². The van der Waals surface area contributed by atoms with Gasteiger partial charge in [0.15, 0.2) is 0 Å². The van der Waals surface area contributed by atoms with Gasteiger partial charge in [-0.25, -0.2) is 0 Å². The molecular formula is C48H40N4O10P4. The van der Waals surface area contributed by atoms with Gasteiger partial charge in [-0.1, -0.05) is 127 Å². The topological polar surface area (TPSA) is 164 Å². The lowest BCUT2D eigenvalue weighted by Crippen LogP contribution is -2.11. The van der Waals surface area contributed by atoms with E-state index in [1.165, 1.54) is 48.5 Å². The average molecular weight is 957 g/mol. The van der Waals surface area contributed by atoms with Crippen molar-refractivity contribution in [2.24, 2.45) is 18.1 Å². The van der Waals surface area contributed by atoms with Gasteiger partial charge >= 0.3 is 30.6 Å². The summed E-state index contributed by atoms with van der Waals surface area (Å²) in [5.41, 5.74) is 0. The quantitative estimate of drug-likeness (QED) is 0.0891. The van der Waals surface area contributed by atoms with E-state index in [4.69, 9.17) is 54.3 Å². The fraction of sp³-hybridized carbons (Fsp3) is 0. The largest absolute Gasteiger partial charge is 0.508 e. The molecule has 1 aliphatic heterocycles. The van der Waals surface area contributed by atoms with Gasteiger partial charge in [-0.15, -0.1) is 0 Å². The van der Waals surface area contributed by atoms with Gasteiger partial charge in [0.2, 0.25) is 0 Å². The summed E-state index contributed by atoms with van der Waals surface area (Å²) in [6, 6.07) is 65.1. The Morgan fingerprint density at radius 2 is 0.364 bits per heavy atom. The predicted octanol–water partition coefficient (Wildman–Crippen LogP) is 15.8. The van der Waals surface area contributed by atoms with Crippen molar-refractivity contribution in [1.29, 1.82) is 0 Å². The predicted molar refractivity (Wildman–Crippen MR) is 257 cm³/mol. The number of benzene rings is 8. The van der Waals surface area contributed by atoms with Crippen LogP contribution >= 0.6 is 30.6 Å². The molecule has 0 radical (unpaired) electrons. The van der Waals surface area contributed by atoms with E-state index in [-0.39, 0.29) is 23.0 Å². The summed E-state index contributed by atoms with van der Waals surface area (Å²) in [5.74, 6) is 2.06. The molecule has 8 aromatic carbocycles. The van der Waals surface area contributed by atoms with Crippen LogP contribution in [0.4, 0.5) is 0 Å². The summed E-state index contributed by atoms with van der Waals surface area (Å²) >= 11 is 0. The molecule has 66 heavy (non-hydrogen) atoms. The minimum absolute atomic E-state index is 0.0280. The molecule has 8 aromatic rings. The molecule has 332 valence electrons. The summed E-state index contributed by atoms with van der Waals surface area (Å²) in [6.45, 7) is 0. The van der Waals surface area contributed by atoms with Gasteiger partial charge in [0.05, 0.1) is 0 Å². The van der Waals surface area contributed by atoms with E-state index < -0.39 is 30.6 Å². The summed E-state index contributed by atoms with van der Waals surface area (Å²) < 4.78 is 77.8. The number of hydrogen-bond donors (Lipinski definition) is 2. The zero-order valence-electron chi connectivity index (χ0n) is 34.7. The third-order valence-electron chi connectivity index (χ3n) is 8.83. The smallest absolute Gasteiger partial charge is 0.460 e. The second-order valence-corrected chi connectivity index (χ2v) is 22.2. The molecule has 0 fully saturated rings. The number of aromatic hydroxyl groups is 2. The molecule has 1 heterocycles. The van der Waals surface area contributed by atoms with E-state index >= 15 is 0 Å². The van der Waals surface area contributed by atoms with Gasteiger partial charge in [0.1, 0.15) is 57.5 Å². The Kier molecular flexibility index (Phi) is 13.2. The minimum Gasteiger partial charge on any atom is -0.508 e. The second kappa shape index (κ2) is 19.8. The van der Waals surface area contributed by atoms with Crippen LogP contribution in [0.5, 0.6) is 57.5 Å². The molecule has 0 unspecified atom stereocenters. The number of rotatable bonds is 16. The molecule has 0 bridgehead atoms. The fourth-order valence-electron chi connectivity index (χ4n) is 6.01. The van der Waals surface area contributed by atoms with Crippen molar-refractivity contribution in [2.75, 3.05) is 0 Å². The Labute approximate surface area is 381 Å². The van der Waals surface area contributed by atoms with Gasteiger partial charge in [-0.05, 0) is 121 Å². The lowest BCUT2D eigenvalue weighted by Gasteiger charge is -2.33. The molecule has 9 rings (SSSR count). The summed E-state index contributed by atoms with van der Waals surface area (Å²) in [6.07, 6.45) is 0. The van der Waals surface area contributed by atoms with Crippen molar-refractivity contribution in [3.05, 3.63) is 231 Å². The minimum atomic E-state index is -4.54. The molecule has 2 N–H and O–H groups in total. The first kappa shape index (κ1) is 43.9. The van der Waals surface area contributed by atoms with E-state index in [0.717, 1.165) is 0 Å². The van der Waals surface area contributed by atoms with Crippen LogP contribution in [0.1, 0.15) is 0 Å². The van der Waals surface area contributed by atoms with E-state index in [9.17, 15) is 10.2 Å². The highest BCUT2D eigenvalue weighted by Gasteiger charge is 2.49. The van der Waals surface area contributed by atoms with E-state index in [1.54, 1.807) is 146 Å². The van der Waals surface area contributed by atoms with Crippen LogP contribution in [0.25, 0.3) is 0 Å². The number of nitrogens with zero attached hydrogens (tertiary/aromatic N) is 4. The van der Waals surface area contributed by atoms with Crippen LogP contribution in [0.15, 0.2) is 249 Å². The second-order valence-electron chi connectivity index (χ2n) is 13.9. The van der Waals surface area contributed by atoms with Gasteiger partial charge in [0.25, 0.3) is 0 Å². The maximum absolute atomic E-state index is 10.4. The highest BCUT2D eigenvalue weighted by molar-refractivity contribution is 7.79. The Bertz CT molecular complexity index is 2820. The van der Waals surface area contributed by atoms with Crippen molar-refractivity contribution in [3.8, 4) is 57.5 Å². The highest BCUT2D eigenvalue weighted by Crippen LogP contribution is 2.79. The Morgan fingerprint density at radius 1 is 0.212 bits per heavy atom. The first-order chi connectivity index (χ1) is 32.2. The van der Waals surface area contributed by atoms with Crippen molar-refractivity contribution in [3.63, 3.8) is 0 Å². The maximum Gasteiger partial charge on any atom is 0.460 e. The van der Waals surface area contributed by atoms with Crippen LogP contribution in [0, 0.1) is 0 Å². The zero-order chi connectivity index (χ0) is 45.1. The molecule has 14 nitrogen and oxygen atoms in total. The normalized spacial score (nSPS) is 15.2. The first-order valence-corrected chi connectivity index (χ1v) is 26.4. The molecule has 0 atom stereocenters. The molecule has 0 saturated heterocycles. The number of phenols is 2. The summed E-state index contributed by atoms with van der Waals surface area (Å²) in [7, 11) is -17.9. The maximum atomic E-state index is 10.4. The van der Waals surface area contributed by atoms with E-state index in [1.807, 2.05) is 36.4 Å². The monoisotopic (exact) mass is 956 g/mol. The van der Waals surface area contributed by atoms with Gasteiger partial charge in [-0.3, -0.25) is 0 Å². The average Bonchev–Trinajstić information content (AvgIpc) is 3.32. The Hall–Kier alpha value is -7.32. The Morgan fingerprint density at radius 3 is 0.530 bits per heavy atom. The molecule has 0 aliphatic carbocycles. The molecule has 18 heteroatoms. The SMILES string of the molecule is Oc1ccc(OP2(Oc3ccc(O)cc3)=NP(Oc3ccccc3)(Oc3ccccc3)=NP(Oc3ccccc3)(Oc3ccccc3)=NP(Oc3ccccc3)(Oc3ccccc3)=N2)cc1. The van der Waals surface area contributed by atoms with Crippen LogP contribution in [-0.4, -0.2) is 10.2 Å². The molecule has 0 amide bonds. The fourth-order valence-corrected chi connectivity index (χ4v) is 18.1. The molecular weight excluding hydrogens is 916 g/mol. The van der Waals surface area contributed by atoms with Crippen molar-refractivity contribution < 1.29 is 46.4 Å². The third kappa shape index (κ3) is 11.3. The number of para-hydroxylation sites is 6. The third-order valence-corrected chi connectivity index (χ3v) is 19.7. The van der Waals surface area contributed by atoms with Crippen LogP contribution < -0.4 is 36.2 Å². The summed E-state index contributed by atoms with van der Waals surface area (Å²) in [4.78, 5) is 0. The molecule has 0 saturated carbocycles. The van der Waals surface area contributed by atoms with E-state index in [2.05, 4.69) is 0 Å². The van der Waals surface area contributed by atoms with Crippen molar-refractivity contribution in [2.45, 2.75) is 0 Å². The van der Waals surface area contributed by atoms with Crippen LogP contribution in [0.3, 0.4) is 0 Å². The number of phenolic OH excluding ortho intramolecular Hbond substituents is 2. The molecule has 0 spiro atoms. The van der Waals surface area contributed by atoms with E-state index in [0.29, 0.717) is 34.5 Å². The lowest BCUT2D eigenvalue weighted by atomic mass is 10.3. The first-order valence-electron chi connectivity index (χ1n) is 20.2. The standard InChI is InChI=1S/C48H40N4O10P4/c53-39-31-35-47(36-32-39)61-66(62-48-37-33-40(54)34-38-48)51-64(57-43-23-11-3-12-24-43,58-44-25-13-4-14-26-44)49-63(55-41-19-7-1-8-20-41,56-42-21-9-2-10-22-42)50-65(52-66,59-45-27-15-5-16-28-45)60-46-29-17-6-18-30-46/h1-38,53-54H. The number of hydrogen-bond acceptors (Lipinski definition) is 14. The molecule has 0 aromatic heterocycles. The van der Waals surface area contributed by atoms with Crippen LogP contribution in [-0.2, 0) is 0 Å². The lowest BCUT2D eigenvalue weighted by molar-refractivity contribution is 0.441. The van der Waals surface area contributed by atoms with Crippen molar-refractivity contribution >= 4 is 30.6 Å². The highest BCUT2D eigenvalue weighted by atomic mass is 31.3. The van der Waals surface area contributed by atoms with Gasteiger partial charge < -0.3 is 46.4 Å². The summed E-state index contributed by atoms with van der Waals surface area (Å²) in [5, 5.41) is 20.8.